The lowest BCUT2D eigenvalue weighted by atomic mass is 9.97. The zero-order valence-electron chi connectivity index (χ0n) is 7.03. The van der Waals surface area contributed by atoms with Crippen LogP contribution < -0.4 is 0 Å². The van der Waals surface area contributed by atoms with Crippen molar-refractivity contribution in [2.24, 2.45) is 5.16 Å². The summed E-state index contributed by atoms with van der Waals surface area (Å²) in [6.07, 6.45) is 0. The van der Waals surface area contributed by atoms with Crippen molar-refractivity contribution in [3.8, 4) is 0 Å². The minimum atomic E-state index is -1.70. The number of nitro groups is 1. The lowest BCUT2D eigenvalue weighted by Gasteiger charge is -2.13. The predicted molar refractivity (Wildman–Crippen MR) is 39.9 cm³/mol. The molecule has 6 nitrogen and oxygen atoms in total. The molecule has 67 valence electrons. The minimum absolute atomic E-state index is 0.562. The Bertz CT molecular complexity index is 244. The van der Waals surface area contributed by atoms with E-state index in [0.29, 0.717) is 0 Å². The number of hydrogen-bond donors (Lipinski definition) is 0. The summed E-state index contributed by atoms with van der Waals surface area (Å²) >= 11 is 0. The molecule has 0 aliphatic heterocycles. The zero-order valence-corrected chi connectivity index (χ0v) is 7.03. The maximum Gasteiger partial charge on any atom is 0.265 e. The van der Waals surface area contributed by atoms with E-state index in [1.165, 1.54) is 0 Å². The summed E-state index contributed by atoms with van der Waals surface area (Å²) < 4.78 is 0. The van der Waals surface area contributed by atoms with Crippen molar-refractivity contribution in [3.05, 3.63) is 10.1 Å². The van der Waals surface area contributed by atoms with E-state index in [1.807, 2.05) is 0 Å². The quantitative estimate of drug-likeness (QED) is 0.351. The third kappa shape index (κ3) is 1.77. The second-order valence-corrected chi connectivity index (χ2v) is 2.81. The molecule has 0 aliphatic rings. The number of nitrogens with zero attached hydrogens (tertiary/aromatic N) is 2. The average Bonchev–Trinajstić information content (AvgIpc) is 1.86. The van der Waals surface area contributed by atoms with Gasteiger partial charge in [-0.2, -0.15) is 0 Å². The van der Waals surface area contributed by atoms with Gasteiger partial charge in [0.05, 0.1) is 0 Å². The van der Waals surface area contributed by atoms with Crippen LogP contribution in [0.5, 0.6) is 0 Å². The molecule has 0 bridgehead atoms. The van der Waals surface area contributed by atoms with Gasteiger partial charge in [-0.3, -0.25) is 14.9 Å². The summed E-state index contributed by atoms with van der Waals surface area (Å²) in [6, 6.07) is 0. The van der Waals surface area contributed by atoms with E-state index in [-0.39, 0.29) is 0 Å². The molecule has 12 heavy (non-hydrogen) atoms. The lowest BCUT2D eigenvalue weighted by Crippen LogP contribution is -2.43. The standard InChI is InChI=1S/C6H9N2O4/c1-4(9)5(7-10)6(2,3)8(11)12/h1-3H3/b7-5-. The van der Waals surface area contributed by atoms with Gasteiger partial charge in [0.25, 0.3) is 5.54 Å². The number of rotatable bonds is 3. The summed E-state index contributed by atoms with van der Waals surface area (Å²) in [6.45, 7) is 3.39. The van der Waals surface area contributed by atoms with Crippen molar-refractivity contribution in [2.75, 3.05) is 0 Å². The van der Waals surface area contributed by atoms with E-state index < -0.39 is 22.0 Å². The van der Waals surface area contributed by atoms with Gasteiger partial charge in [0.1, 0.15) is 0 Å². The first kappa shape index (κ1) is 10.5. The highest BCUT2D eigenvalue weighted by Gasteiger charge is 2.41. The number of hydrogen-bond acceptors (Lipinski definition) is 4. The van der Waals surface area contributed by atoms with Crippen molar-refractivity contribution < 1.29 is 14.9 Å². The normalized spacial score (nSPS) is 12.8. The van der Waals surface area contributed by atoms with Crippen LogP contribution in [0.2, 0.25) is 0 Å². The Morgan fingerprint density at radius 2 is 1.92 bits per heavy atom. The van der Waals surface area contributed by atoms with E-state index in [9.17, 15) is 20.1 Å². The van der Waals surface area contributed by atoms with E-state index >= 15 is 0 Å². The molecule has 0 aromatic heterocycles. The molecule has 1 radical (unpaired) electrons. The first-order valence-corrected chi connectivity index (χ1v) is 3.20. The number of carbonyl (C=O) groups excluding carboxylic acids is 1. The smallest absolute Gasteiger partial charge is 0.265 e. The van der Waals surface area contributed by atoms with Crippen molar-refractivity contribution >= 4 is 11.5 Å². The summed E-state index contributed by atoms with van der Waals surface area (Å²) in [7, 11) is 0. The molecule has 0 heterocycles. The molecule has 0 atom stereocenters. The van der Waals surface area contributed by atoms with Crippen LogP contribution in [0.15, 0.2) is 5.16 Å². The van der Waals surface area contributed by atoms with E-state index in [1.54, 1.807) is 0 Å². The van der Waals surface area contributed by atoms with Crippen LogP contribution in [0.3, 0.4) is 0 Å². The van der Waals surface area contributed by atoms with Crippen LogP contribution in [0.4, 0.5) is 0 Å². The van der Waals surface area contributed by atoms with E-state index in [4.69, 9.17) is 0 Å². The predicted octanol–water partition coefficient (Wildman–Crippen LogP) is 0.417. The third-order valence-corrected chi connectivity index (χ3v) is 1.46. The Morgan fingerprint density at radius 3 is 2.00 bits per heavy atom. The van der Waals surface area contributed by atoms with Gasteiger partial charge in [-0.05, 0) is 5.16 Å². The van der Waals surface area contributed by atoms with Crippen LogP contribution in [0, 0.1) is 10.1 Å². The second-order valence-electron chi connectivity index (χ2n) is 2.81. The number of carbonyl (C=O) groups is 1. The molecule has 0 rings (SSSR count). The highest BCUT2D eigenvalue weighted by molar-refractivity contribution is 6.41. The maximum atomic E-state index is 10.7. The first-order chi connectivity index (χ1) is 5.34. The van der Waals surface area contributed by atoms with Gasteiger partial charge in [-0.1, -0.05) is 0 Å². The molecule has 0 saturated carbocycles. The van der Waals surface area contributed by atoms with Crippen molar-refractivity contribution in [3.63, 3.8) is 0 Å². The largest absolute Gasteiger partial charge is 0.293 e. The Morgan fingerprint density at radius 1 is 1.50 bits per heavy atom. The Hall–Kier alpha value is -1.46. The van der Waals surface area contributed by atoms with Crippen molar-refractivity contribution in [1.82, 2.24) is 0 Å². The topological polar surface area (TPSA) is 92.5 Å². The molecule has 0 aromatic rings. The fraction of sp³-hybridized carbons (Fsp3) is 0.667. The van der Waals surface area contributed by atoms with Crippen LogP contribution in [0.1, 0.15) is 20.8 Å². The molecule has 0 aromatic carbocycles. The fourth-order valence-electron chi connectivity index (χ4n) is 0.693. The van der Waals surface area contributed by atoms with E-state index in [0.717, 1.165) is 20.8 Å². The molecule has 0 unspecified atom stereocenters. The van der Waals surface area contributed by atoms with E-state index in [2.05, 4.69) is 5.16 Å². The van der Waals surface area contributed by atoms with Crippen LogP contribution >= 0.6 is 0 Å². The summed E-state index contributed by atoms with van der Waals surface area (Å²) in [4.78, 5) is 20.3. The molecule has 0 aliphatic carbocycles. The van der Waals surface area contributed by atoms with Crippen LogP contribution in [-0.2, 0) is 10.0 Å². The van der Waals surface area contributed by atoms with Gasteiger partial charge in [0.2, 0.25) is 5.71 Å². The van der Waals surface area contributed by atoms with Gasteiger partial charge >= 0.3 is 0 Å². The van der Waals surface area contributed by atoms with Crippen LogP contribution in [0.25, 0.3) is 0 Å². The summed E-state index contributed by atoms with van der Waals surface area (Å²) in [5, 5.41) is 22.8. The number of Topliss-reactive ketones (excluding diaryl/α,β-unsaturated/α-hetero) is 1. The fourth-order valence-corrected chi connectivity index (χ4v) is 0.693. The lowest BCUT2D eigenvalue weighted by molar-refractivity contribution is -0.537. The van der Waals surface area contributed by atoms with Gasteiger partial charge in [0, 0.05) is 25.7 Å². The van der Waals surface area contributed by atoms with Gasteiger partial charge in [-0.25, -0.2) is 0 Å². The minimum Gasteiger partial charge on any atom is -0.293 e. The molecule has 0 saturated heterocycles. The Balaban J connectivity index is 5.00. The monoisotopic (exact) mass is 173 g/mol. The average molecular weight is 173 g/mol. The zero-order chi connectivity index (χ0) is 9.94. The molecule has 0 spiro atoms. The Kier molecular flexibility index (Phi) is 2.89. The molecule has 6 heteroatoms. The maximum absolute atomic E-state index is 10.7. The molecule has 0 N–H and O–H groups in total. The van der Waals surface area contributed by atoms with Gasteiger partial charge in [0.15, 0.2) is 5.78 Å². The molecule has 0 fully saturated rings. The first-order valence-electron chi connectivity index (χ1n) is 3.20. The van der Waals surface area contributed by atoms with Gasteiger partial charge < -0.3 is 0 Å². The highest BCUT2D eigenvalue weighted by Crippen LogP contribution is 2.11. The van der Waals surface area contributed by atoms with Crippen LogP contribution in [-0.4, -0.2) is 22.0 Å². The van der Waals surface area contributed by atoms with Crippen molar-refractivity contribution in [2.45, 2.75) is 26.3 Å². The highest BCUT2D eigenvalue weighted by atomic mass is 16.6. The Labute approximate surface area is 69.0 Å². The molecular weight excluding hydrogens is 164 g/mol. The summed E-state index contributed by atoms with van der Waals surface area (Å²) in [5.41, 5.74) is -2.26. The third-order valence-electron chi connectivity index (χ3n) is 1.46. The van der Waals surface area contributed by atoms with Gasteiger partial charge in [-0.15, -0.1) is 5.21 Å². The molecule has 0 amide bonds. The van der Waals surface area contributed by atoms with Crippen molar-refractivity contribution in [1.29, 1.82) is 0 Å². The second kappa shape index (κ2) is 3.29. The SMILES string of the molecule is CC(=O)/C(=N/[O])C(C)(C)[N+](=O)[O-]. The summed E-state index contributed by atoms with van der Waals surface area (Å²) in [5.74, 6) is -0.674. The molecular formula is C6H9N2O4. The number of ketones is 1.